The first-order chi connectivity index (χ1) is 15.0. The summed E-state index contributed by atoms with van der Waals surface area (Å²) >= 11 is 3.14. The van der Waals surface area contributed by atoms with E-state index in [-0.39, 0.29) is 11.9 Å². The van der Waals surface area contributed by atoms with Crippen LogP contribution in [0.15, 0.2) is 41.8 Å². The number of nitrogens with one attached hydrogen (secondary N) is 1. The van der Waals surface area contributed by atoms with Crippen molar-refractivity contribution >= 4 is 33.6 Å². The Morgan fingerprint density at radius 3 is 2.42 bits per heavy atom. The molecule has 0 saturated carbocycles. The van der Waals surface area contributed by atoms with Crippen LogP contribution >= 0.6 is 22.7 Å². The van der Waals surface area contributed by atoms with Gasteiger partial charge >= 0.3 is 0 Å². The molecule has 0 unspecified atom stereocenters. The van der Waals surface area contributed by atoms with Crippen LogP contribution < -0.4 is 10.1 Å². The molecule has 1 amide bonds. The number of carbonyl (C=O) groups is 1. The van der Waals surface area contributed by atoms with Gasteiger partial charge in [0.1, 0.15) is 10.8 Å². The minimum atomic E-state index is -0.0376. The number of likely N-dealkylation sites (N-methyl/N-ethyl adjacent to an activating group) is 1. The summed E-state index contributed by atoms with van der Waals surface area (Å²) in [5, 5.41) is 6.11. The zero-order valence-electron chi connectivity index (χ0n) is 18.5. The number of carbonyl (C=O) groups excluding carboxylic acids is 1. The van der Waals surface area contributed by atoms with E-state index in [0.29, 0.717) is 0 Å². The number of nitrogens with zero attached hydrogens (tertiary/aromatic N) is 2. The zero-order valence-corrected chi connectivity index (χ0v) is 20.1. The van der Waals surface area contributed by atoms with Crippen molar-refractivity contribution in [3.63, 3.8) is 0 Å². The summed E-state index contributed by atoms with van der Waals surface area (Å²) in [6.45, 7) is 8.35. The lowest BCUT2D eigenvalue weighted by Gasteiger charge is -2.39. The molecule has 0 radical (unpaired) electrons. The van der Waals surface area contributed by atoms with Gasteiger partial charge in [-0.1, -0.05) is 18.2 Å². The number of anilines is 1. The predicted octanol–water partition coefficient (Wildman–Crippen LogP) is 5.02. The molecule has 0 spiro atoms. The minimum Gasteiger partial charge on any atom is -0.497 e. The highest BCUT2D eigenvalue weighted by atomic mass is 32.1. The van der Waals surface area contributed by atoms with Gasteiger partial charge in [0.25, 0.3) is 5.91 Å². The second-order valence-corrected chi connectivity index (χ2v) is 10.1. The standard InChI is InChI=1S/C24H29N3O2S2/c1-16-17(2)31-24(25-23(28)20-6-5-15-30-20)21(16)22(27-13-11-26(3)12-14-27)18-7-9-19(29-4)10-8-18/h5-10,15,22H,11-14H2,1-4H3,(H,25,28)/t22-/m0/s1. The van der Waals surface area contributed by atoms with E-state index in [2.05, 4.69) is 48.1 Å². The fourth-order valence-corrected chi connectivity index (χ4v) is 5.77. The highest BCUT2D eigenvalue weighted by Gasteiger charge is 2.31. The number of hydrogen-bond acceptors (Lipinski definition) is 6. The van der Waals surface area contributed by atoms with E-state index in [1.165, 1.54) is 32.9 Å². The third-order valence-corrected chi connectivity index (χ3v) is 8.02. The zero-order chi connectivity index (χ0) is 22.0. The molecule has 5 nitrogen and oxygen atoms in total. The summed E-state index contributed by atoms with van der Waals surface area (Å²) in [5.74, 6) is 0.815. The minimum absolute atomic E-state index is 0.0376. The third-order valence-electron chi connectivity index (χ3n) is 6.01. The first-order valence-electron chi connectivity index (χ1n) is 10.5. The van der Waals surface area contributed by atoms with E-state index >= 15 is 0 Å². The molecule has 164 valence electrons. The van der Waals surface area contributed by atoms with Crippen molar-refractivity contribution < 1.29 is 9.53 Å². The molecule has 0 aliphatic carbocycles. The number of methoxy groups -OCH3 is 1. The number of thiophene rings is 2. The van der Waals surface area contributed by atoms with Crippen molar-refractivity contribution in [3.05, 3.63) is 68.2 Å². The van der Waals surface area contributed by atoms with Gasteiger partial charge in [0.15, 0.2) is 0 Å². The summed E-state index contributed by atoms with van der Waals surface area (Å²) < 4.78 is 5.39. The lowest BCUT2D eigenvalue weighted by Crippen LogP contribution is -2.46. The highest BCUT2D eigenvalue weighted by molar-refractivity contribution is 7.17. The van der Waals surface area contributed by atoms with Crippen LogP contribution in [0.1, 0.15) is 37.3 Å². The second-order valence-electron chi connectivity index (χ2n) is 7.97. The Hall–Kier alpha value is -2.19. The van der Waals surface area contributed by atoms with Gasteiger partial charge in [-0.15, -0.1) is 22.7 Å². The van der Waals surface area contributed by atoms with E-state index in [1.54, 1.807) is 18.4 Å². The molecule has 1 aromatic carbocycles. The highest BCUT2D eigenvalue weighted by Crippen LogP contribution is 2.43. The number of ether oxygens (including phenoxy) is 1. The maximum Gasteiger partial charge on any atom is 0.266 e. The Bertz CT molecular complexity index is 1020. The van der Waals surface area contributed by atoms with Crippen molar-refractivity contribution in [1.82, 2.24) is 9.80 Å². The quantitative estimate of drug-likeness (QED) is 0.567. The SMILES string of the molecule is COc1ccc([C@@H](c2c(NC(=O)c3cccs3)sc(C)c2C)N2CCN(C)CC2)cc1. The van der Waals surface area contributed by atoms with Crippen molar-refractivity contribution in [2.75, 3.05) is 45.7 Å². The Balaban J connectivity index is 1.75. The molecular weight excluding hydrogens is 426 g/mol. The summed E-state index contributed by atoms with van der Waals surface area (Å²) in [6, 6.07) is 12.2. The van der Waals surface area contributed by atoms with Crippen LogP contribution in [0.3, 0.4) is 0 Å². The van der Waals surface area contributed by atoms with Gasteiger partial charge < -0.3 is 15.0 Å². The smallest absolute Gasteiger partial charge is 0.266 e. The largest absolute Gasteiger partial charge is 0.497 e. The first kappa shape index (κ1) is 22.0. The summed E-state index contributed by atoms with van der Waals surface area (Å²) in [7, 11) is 3.87. The molecule has 3 aromatic rings. The van der Waals surface area contributed by atoms with Crippen molar-refractivity contribution in [2.24, 2.45) is 0 Å². The molecule has 1 aliphatic heterocycles. The molecule has 31 heavy (non-hydrogen) atoms. The Morgan fingerprint density at radius 2 is 1.81 bits per heavy atom. The molecule has 1 aliphatic rings. The molecule has 1 fully saturated rings. The maximum atomic E-state index is 12.9. The molecule has 0 bridgehead atoms. The fraction of sp³-hybridized carbons (Fsp3) is 0.375. The number of benzene rings is 1. The topological polar surface area (TPSA) is 44.8 Å². The van der Waals surface area contributed by atoms with Crippen LogP contribution in [-0.2, 0) is 0 Å². The predicted molar refractivity (Wildman–Crippen MR) is 130 cm³/mol. The molecule has 1 N–H and O–H groups in total. The van der Waals surface area contributed by atoms with E-state index in [4.69, 9.17) is 4.74 Å². The van der Waals surface area contributed by atoms with Gasteiger partial charge in [-0.2, -0.15) is 0 Å². The maximum absolute atomic E-state index is 12.9. The first-order valence-corrected chi connectivity index (χ1v) is 12.2. The normalized spacial score (nSPS) is 16.3. The van der Waals surface area contributed by atoms with E-state index in [0.717, 1.165) is 41.8 Å². The van der Waals surface area contributed by atoms with Crippen molar-refractivity contribution in [3.8, 4) is 5.75 Å². The molecule has 3 heterocycles. The average molecular weight is 456 g/mol. The second kappa shape index (κ2) is 9.53. The number of hydrogen-bond donors (Lipinski definition) is 1. The summed E-state index contributed by atoms with van der Waals surface area (Å²) in [4.78, 5) is 19.8. The molecule has 4 rings (SSSR count). The van der Waals surface area contributed by atoms with Gasteiger partial charge in [-0.25, -0.2) is 0 Å². The van der Waals surface area contributed by atoms with Crippen molar-refractivity contribution in [1.29, 1.82) is 0 Å². The molecule has 1 saturated heterocycles. The number of rotatable bonds is 6. The number of amides is 1. The monoisotopic (exact) mass is 455 g/mol. The van der Waals surface area contributed by atoms with E-state index in [9.17, 15) is 4.79 Å². The Labute approximate surface area is 192 Å². The van der Waals surface area contributed by atoms with Crippen LogP contribution in [0.4, 0.5) is 5.00 Å². The van der Waals surface area contributed by atoms with Crippen LogP contribution in [0.5, 0.6) is 5.75 Å². The summed E-state index contributed by atoms with van der Waals surface area (Å²) in [6.07, 6.45) is 0. The van der Waals surface area contributed by atoms with E-state index < -0.39 is 0 Å². The average Bonchev–Trinajstić information content (AvgIpc) is 3.40. The van der Waals surface area contributed by atoms with Crippen LogP contribution in [0, 0.1) is 13.8 Å². The van der Waals surface area contributed by atoms with Crippen LogP contribution in [0.25, 0.3) is 0 Å². The number of aryl methyl sites for hydroxylation is 1. The van der Waals surface area contributed by atoms with Crippen molar-refractivity contribution in [2.45, 2.75) is 19.9 Å². The number of piperazine rings is 1. The summed E-state index contributed by atoms with van der Waals surface area (Å²) in [5.41, 5.74) is 3.69. The Kier molecular flexibility index (Phi) is 6.77. The lowest BCUT2D eigenvalue weighted by molar-refractivity contribution is 0.103. The fourth-order valence-electron chi connectivity index (χ4n) is 4.07. The molecule has 2 aromatic heterocycles. The van der Waals surface area contributed by atoms with Gasteiger partial charge in [-0.05, 0) is 55.6 Å². The third kappa shape index (κ3) is 4.70. The van der Waals surface area contributed by atoms with Crippen LogP contribution in [0.2, 0.25) is 0 Å². The molecule has 1 atom stereocenters. The molecular formula is C24H29N3O2S2. The van der Waals surface area contributed by atoms with Gasteiger partial charge in [0.05, 0.1) is 18.0 Å². The van der Waals surface area contributed by atoms with E-state index in [1.807, 2.05) is 29.6 Å². The molecule has 7 heteroatoms. The Morgan fingerprint density at radius 1 is 1.10 bits per heavy atom. The lowest BCUT2D eigenvalue weighted by atomic mass is 9.94. The van der Waals surface area contributed by atoms with Gasteiger partial charge in [-0.3, -0.25) is 9.69 Å². The van der Waals surface area contributed by atoms with Gasteiger partial charge in [0.2, 0.25) is 0 Å². The van der Waals surface area contributed by atoms with Gasteiger partial charge in [0, 0.05) is 36.6 Å². The van der Waals surface area contributed by atoms with Crippen LogP contribution in [-0.4, -0.2) is 56.0 Å².